The molecule has 7 heteroatoms. The van der Waals surface area contributed by atoms with E-state index in [9.17, 15) is 14.4 Å². The number of hydrogen-bond donors (Lipinski definition) is 1. The number of fused-ring (bicyclic) bond motifs is 2. The quantitative estimate of drug-likeness (QED) is 0.674. The van der Waals surface area contributed by atoms with E-state index >= 15 is 0 Å². The summed E-state index contributed by atoms with van der Waals surface area (Å²) in [5.41, 5.74) is 6.75. The van der Waals surface area contributed by atoms with Gasteiger partial charge in [0.25, 0.3) is 11.8 Å². The van der Waals surface area contributed by atoms with Gasteiger partial charge in [-0.25, -0.2) is 0 Å². The van der Waals surface area contributed by atoms with Crippen LogP contribution >= 0.6 is 0 Å². The normalized spacial score (nSPS) is 20.1. The first-order valence-corrected chi connectivity index (χ1v) is 11.2. The third-order valence-corrected chi connectivity index (χ3v) is 6.43. The second kappa shape index (κ2) is 8.58. The van der Waals surface area contributed by atoms with Crippen LogP contribution in [0.3, 0.4) is 0 Å². The predicted molar refractivity (Wildman–Crippen MR) is 125 cm³/mol. The Morgan fingerprint density at radius 3 is 2.52 bits per heavy atom. The van der Waals surface area contributed by atoms with Gasteiger partial charge in [-0.05, 0) is 41.8 Å². The fraction of sp³-hybridized carbons (Fsp3) is 0.269. The first-order chi connectivity index (χ1) is 16.0. The van der Waals surface area contributed by atoms with Crippen molar-refractivity contribution in [3.05, 3.63) is 72.3 Å². The molecule has 2 atom stereocenters. The Hall–Kier alpha value is -3.87. The maximum Gasteiger partial charge on any atom is 0.260 e. The Bertz CT molecular complexity index is 1240. The molecule has 5 rings (SSSR count). The maximum absolute atomic E-state index is 13.6. The Kier molecular flexibility index (Phi) is 5.46. The van der Waals surface area contributed by atoms with Gasteiger partial charge in [-0.2, -0.15) is 0 Å². The van der Waals surface area contributed by atoms with Gasteiger partial charge >= 0.3 is 0 Å². The lowest BCUT2D eigenvalue weighted by atomic mass is 9.94. The van der Waals surface area contributed by atoms with Crippen molar-refractivity contribution >= 4 is 34.2 Å². The minimum absolute atomic E-state index is 0.0679. The number of hydrogen-bond acceptors (Lipinski definition) is 4. The molecular formula is C26H25N3O4. The van der Waals surface area contributed by atoms with Crippen LogP contribution in [0.2, 0.25) is 0 Å². The summed E-state index contributed by atoms with van der Waals surface area (Å²) in [7, 11) is 0. The van der Waals surface area contributed by atoms with Gasteiger partial charge in [-0.15, -0.1) is 0 Å². The zero-order valence-corrected chi connectivity index (χ0v) is 18.1. The van der Waals surface area contributed by atoms with Gasteiger partial charge in [0, 0.05) is 18.7 Å². The minimum Gasteiger partial charge on any atom is -0.477 e. The molecule has 0 saturated carbocycles. The van der Waals surface area contributed by atoms with Crippen molar-refractivity contribution in [1.82, 2.24) is 4.90 Å². The van der Waals surface area contributed by atoms with Crippen molar-refractivity contribution in [3.8, 4) is 5.75 Å². The van der Waals surface area contributed by atoms with Gasteiger partial charge in [0.2, 0.25) is 5.91 Å². The van der Waals surface area contributed by atoms with Crippen molar-refractivity contribution < 1.29 is 19.1 Å². The highest BCUT2D eigenvalue weighted by atomic mass is 16.5. The third-order valence-electron chi connectivity index (χ3n) is 6.43. The van der Waals surface area contributed by atoms with E-state index in [2.05, 4.69) is 0 Å². The molecule has 3 aromatic rings. The van der Waals surface area contributed by atoms with Crippen LogP contribution in [0.1, 0.15) is 23.2 Å². The van der Waals surface area contributed by atoms with Crippen molar-refractivity contribution in [2.45, 2.75) is 18.9 Å². The summed E-state index contributed by atoms with van der Waals surface area (Å²) >= 11 is 0. The zero-order valence-electron chi connectivity index (χ0n) is 18.1. The van der Waals surface area contributed by atoms with Gasteiger partial charge in [-0.1, -0.05) is 48.5 Å². The molecule has 2 heterocycles. The number of anilines is 1. The molecule has 0 bridgehead atoms. The van der Waals surface area contributed by atoms with Gasteiger partial charge < -0.3 is 20.3 Å². The molecule has 0 radical (unpaired) electrons. The van der Waals surface area contributed by atoms with Crippen LogP contribution in [0.25, 0.3) is 10.8 Å². The van der Waals surface area contributed by atoms with E-state index in [4.69, 9.17) is 10.5 Å². The number of piperidine rings is 1. The SMILES string of the molecule is NC(=O)C1CN(C(=O)C2CCCN(C(=O)c3cccc4ccccc34)C2)c2ccccc2O1. The molecule has 33 heavy (non-hydrogen) atoms. The van der Waals surface area contributed by atoms with Crippen LogP contribution in [0.5, 0.6) is 5.75 Å². The lowest BCUT2D eigenvalue weighted by molar-refractivity contribution is -0.126. The summed E-state index contributed by atoms with van der Waals surface area (Å²) < 4.78 is 5.69. The molecule has 2 aliphatic rings. The second-order valence-corrected chi connectivity index (χ2v) is 8.54. The van der Waals surface area contributed by atoms with Crippen LogP contribution < -0.4 is 15.4 Å². The molecule has 0 aliphatic carbocycles. The van der Waals surface area contributed by atoms with Crippen LogP contribution in [0, 0.1) is 5.92 Å². The van der Waals surface area contributed by atoms with Crippen molar-refractivity contribution in [2.75, 3.05) is 24.5 Å². The minimum atomic E-state index is -0.902. The smallest absolute Gasteiger partial charge is 0.260 e. The lowest BCUT2D eigenvalue weighted by Gasteiger charge is -2.38. The van der Waals surface area contributed by atoms with Crippen LogP contribution in [-0.4, -0.2) is 48.4 Å². The number of nitrogens with zero attached hydrogens (tertiary/aromatic N) is 2. The number of carbonyl (C=O) groups excluding carboxylic acids is 3. The molecule has 2 unspecified atom stereocenters. The highest BCUT2D eigenvalue weighted by Gasteiger charge is 2.37. The van der Waals surface area contributed by atoms with Crippen LogP contribution in [-0.2, 0) is 9.59 Å². The molecule has 168 valence electrons. The topological polar surface area (TPSA) is 92.9 Å². The molecule has 1 fully saturated rings. The van der Waals surface area contributed by atoms with Gasteiger partial charge in [0.05, 0.1) is 18.2 Å². The summed E-state index contributed by atoms with van der Waals surface area (Å²) in [4.78, 5) is 42.2. The Labute approximate surface area is 191 Å². The van der Waals surface area contributed by atoms with E-state index in [1.807, 2.05) is 48.5 Å². The Balaban J connectivity index is 1.39. The van der Waals surface area contributed by atoms with Gasteiger partial charge in [-0.3, -0.25) is 14.4 Å². The number of para-hydroxylation sites is 2. The van der Waals surface area contributed by atoms with Gasteiger partial charge in [0.1, 0.15) is 5.75 Å². The number of benzene rings is 3. The monoisotopic (exact) mass is 443 g/mol. The number of likely N-dealkylation sites (tertiary alicyclic amines) is 1. The van der Waals surface area contributed by atoms with E-state index in [0.717, 1.165) is 17.2 Å². The van der Waals surface area contributed by atoms with Crippen molar-refractivity contribution in [3.63, 3.8) is 0 Å². The molecule has 2 N–H and O–H groups in total. The van der Waals surface area contributed by atoms with E-state index in [1.54, 1.807) is 28.0 Å². The number of ether oxygens (including phenoxy) is 1. The number of rotatable bonds is 3. The predicted octanol–water partition coefficient (Wildman–Crippen LogP) is 2.97. The molecular weight excluding hydrogens is 418 g/mol. The maximum atomic E-state index is 13.6. The lowest BCUT2D eigenvalue weighted by Crippen LogP contribution is -2.53. The molecule has 0 aromatic heterocycles. The standard InChI is InChI=1S/C26H25N3O4/c27-24(30)23-16-29(21-12-3-4-13-22(21)33-23)25(31)18-9-6-14-28(15-18)26(32)20-11-5-8-17-7-1-2-10-19(17)20/h1-5,7-8,10-13,18,23H,6,9,14-16H2,(H2,27,30). The van der Waals surface area contributed by atoms with E-state index < -0.39 is 12.0 Å². The molecule has 7 nitrogen and oxygen atoms in total. The average molecular weight is 444 g/mol. The summed E-state index contributed by atoms with van der Waals surface area (Å²) in [5.74, 6) is -0.703. The zero-order chi connectivity index (χ0) is 22.9. The highest BCUT2D eigenvalue weighted by molar-refractivity contribution is 6.07. The summed E-state index contributed by atoms with van der Waals surface area (Å²) in [5, 5.41) is 1.92. The van der Waals surface area contributed by atoms with E-state index in [-0.39, 0.29) is 24.3 Å². The molecule has 2 aliphatic heterocycles. The Morgan fingerprint density at radius 1 is 0.909 bits per heavy atom. The van der Waals surface area contributed by atoms with E-state index in [0.29, 0.717) is 36.5 Å². The van der Waals surface area contributed by atoms with Crippen LogP contribution in [0.4, 0.5) is 5.69 Å². The average Bonchev–Trinajstić information content (AvgIpc) is 2.86. The first-order valence-electron chi connectivity index (χ1n) is 11.2. The Morgan fingerprint density at radius 2 is 1.67 bits per heavy atom. The van der Waals surface area contributed by atoms with Gasteiger partial charge in [0.15, 0.2) is 6.10 Å². The molecule has 3 amide bonds. The summed E-state index contributed by atoms with van der Waals surface area (Å²) in [6.07, 6.45) is 0.512. The second-order valence-electron chi connectivity index (χ2n) is 8.54. The largest absolute Gasteiger partial charge is 0.477 e. The van der Waals surface area contributed by atoms with Crippen molar-refractivity contribution in [1.29, 1.82) is 0 Å². The highest BCUT2D eigenvalue weighted by Crippen LogP contribution is 2.35. The molecule has 3 aromatic carbocycles. The third kappa shape index (κ3) is 3.91. The number of carbonyl (C=O) groups is 3. The van der Waals surface area contributed by atoms with Crippen LogP contribution in [0.15, 0.2) is 66.7 Å². The number of amides is 3. The number of nitrogens with two attached hydrogens (primary N) is 1. The molecule has 1 saturated heterocycles. The summed E-state index contributed by atoms with van der Waals surface area (Å²) in [6, 6.07) is 20.7. The van der Waals surface area contributed by atoms with E-state index in [1.165, 1.54) is 0 Å². The first kappa shape index (κ1) is 21.0. The fourth-order valence-corrected chi connectivity index (χ4v) is 4.76. The van der Waals surface area contributed by atoms with Crippen molar-refractivity contribution in [2.24, 2.45) is 11.7 Å². The molecule has 0 spiro atoms. The fourth-order valence-electron chi connectivity index (χ4n) is 4.76. The number of primary amides is 1. The summed E-state index contributed by atoms with van der Waals surface area (Å²) in [6.45, 7) is 1.01.